The molecule has 1 aromatic carbocycles. The van der Waals surface area contributed by atoms with Crippen molar-refractivity contribution in [2.24, 2.45) is 11.8 Å². The molecule has 1 unspecified atom stereocenters. The van der Waals surface area contributed by atoms with Gasteiger partial charge in [-0.1, -0.05) is 26.0 Å². The zero-order valence-corrected chi connectivity index (χ0v) is 15.7. The van der Waals surface area contributed by atoms with E-state index in [4.69, 9.17) is 0 Å². The van der Waals surface area contributed by atoms with Crippen LogP contribution < -0.4 is 10.9 Å². The molecule has 2 N–H and O–H groups in total. The fourth-order valence-corrected chi connectivity index (χ4v) is 4.07. The standard InChI is InChI=1S/C20H33FN4/c1-16(2)20-15-24(11-8-18-12-22-23-13-18)9-3-10-25(20)14-17-4-6-19(21)7-5-17/h4-7,16,18,20,22-23H,3,8-15H2,1-2H3. The summed E-state index contributed by atoms with van der Waals surface area (Å²) in [4.78, 5) is 5.27. The largest absolute Gasteiger partial charge is 0.302 e. The number of nitrogens with one attached hydrogen (secondary N) is 2. The van der Waals surface area contributed by atoms with Crippen molar-refractivity contribution in [1.29, 1.82) is 0 Å². The molecule has 2 aliphatic heterocycles. The Bertz CT molecular complexity index is 513. The van der Waals surface area contributed by atoms with Crippen molar-refractivity contribution in [3.05, 3.63) is 35.6 Å². The third-order valence-electron chi connectivity index (χ3n) is 5.66. The van der Waals surface area contributed by atoms with Crippen LogP contribution >= 0.6 is 0 Å². The van der Waals surface area contributed by atoms with Crippen LogP contribution in [0.1, 0.15) is 32.3 Å². The van der Waals surface area contributed by atoms with Crippen LogP contribution in [0.5, 0.6) is 0 Å². The summed E-state index contributed by atoms with van der Waals surface area (Å²) < 4.78 is 13.2. The van der Waals surface area contributed by atoms with Gasteiger partial charge in [0.05, 0.1) is 0 Å². The van der Waals surface area contributed by atoms with E-state index in [-0.39, 0.29) is 5.82 Å². The Balaban J connectivity index is 1.58. The van der Waals surface area contributed by atoms with E-state index in [1.807, 2.05) is 12.1 Å². The maximum atomic E-state index is 13.2. The summed E-state index contributed by atoms with van der Waals surface area (Å²) in [6.45, 7) is 12.4. The molecule has 1 atom stereocenters. The Hall–Kier alpha value is -1.01. The highest BCUT2D eigenvalue weighted by Gasteiger charge is 2.27. The Kier molecular flexibility index (Phi) is 6.82. The van der Waals surface area contributed by atoms with Gasteiger partial charge in [0.15, 0.2) is 0 Å². The number of halogens is 1. The molecule has 25 heavy (non-hydrogen) atoms. The van der Waals surface area contributed by atoms with Crippen molar-refractivity contribution in [3.63, 3.8) is 0 Å². The maximum absolute atomic E-state index is 13.2. The lowest BCUT2D eigenvalue weighted by Crippen LogP contribution is -2.44. The minimum atomic E-state index is -0.151. The number of nitrogens with zero attached hydrogens (tertiary/aromatic N) is 2. The second kappa shape index (κ2) is 9.08. The Morgan fingerprint density at radius 2 is 1.84 bits per heavy atom. The lowest BCUT2D eigenvalue weighted by atomic mass is 10.0. The van der Waals surface area contributed by atoms with Crippen molar-refractivity contribution in [2.75, 3.05) is 39.3 Å². The predicted octanol–water partition coefficient (Wildman–Crippen LogP) is 2.47. The molecule has 1 aromatic rings. The summed E-state index contributed by atoms with van der Waals surface area (Å²) in [6.07, 6.45) is 2.48. The molecule has 0 radical (unpaired) electrons. The second-order valence-corrected chi connectivity index (χ2v) is 7.98. The van der Waals surface area contributed by atoms with E-state index in [9.17, 15) is 4.39 Å². The summed E-state index contributed by atoms with van der Waals surface area (Å²) >= 11 is 0. The smallest absolute Gasteiger partial charge is 0.123 e. The van der Waals surface area contributed by atoms with E-state index in [2.05, 4.69) is 34.5 Å². The molecule has 140 valence electrons. The van der Waals surface area contributed by atoms with Gasteiger partial charge in [-0.2, -0.15) is 0 Å². The van der Waals surface area contributed by atoms with Gasteiger partial charge < -0.3 is 4.90 Å². The fraction of sp³-hybridized carbons (Fsp3) is 0.700. The zero-order chi connectivity index (χ0) is 17.6. The number of benzene rings is 1. The molecule has 0 bridgehead atoms. The molecule has 0 amide bonds. The molecular weight excluding hydrogens is 315 g/mol. The molecule has 0 saturated carbocycles. The average molecular weight is 349 g/mol. The highest BCUT2D eigenvalue weighted by Crippen LogP contribution is 2.21. The molecule has 2 fully saturated rings. The predicted molar refractivity (Wildman–Crippen MR) is 101 cm³/mol. The summed E-state index contributed by atoms with van der Waals surface area (Å²) in [5, 5.41) is 0. The first kappa shape index (κ1) is 18.8. The molecule has 5 heteroatoms. The SMILES string of the molecule is CC(C)C1CN(CCC2CNNC2)CCCN1Cc1ccc(F)cc1. The van der Waals surface area contributed by atoms with Crippen LogP contribution in [0.4, 0.5) is 4.39 Å². The summed E-state index contributed by atoms with van der Waals surface area (Å²) in [5.41, 5.74) is 7.68. The van der Waals surface area contributed by atoms with Crippen LogP contribution in [-0.2, 0) is 6.54 Å². The zero-order valence-electron chi connectivity index (χ0n) is 15.7. The second-order valence-electron chi connectivity index (χ2n) is 7.98. The number of rotatable bonds is 6. The van der Waals surface area contributed by atoms with Gasteiger partial charge in [-0.05, 0) is 55.5 Å². The van der Waals surface area contributed by atoms with Gasteiger partial charge in [0.1, 0.15) is 5.82 Å². The fourth-order valence-electron chi connectivity index (χ4n) is 4.07. The third kappa shape index (κ3) is 5.48. The first-order chi connectivity index (χ1) is 12.1. The minimum Gasteiger partial charge on any atom is -0.302 e. The van der Waals surface area contributed by atoms with E-state index in [0.717, 1.165) is 38.6 Å². The topological polar surface area (TPSA) is 30.5 Å². The first-order valence-electron chi connectivity index (χ1n) is 9.78. The van der Waals surface area contributed by atoms with Crippen LogP contribution in [0.25, 0.3) is 0 Å². The molecule has 3 rings (SSSR count). The molecular formula is C20H33FN4. The molecule has 2 aliphatic rings. The maximum Gasteiger partial charge on any atom is 0.123 e. The van der Waals surface area contributed by atoms with Crippen molar-refractivity contribution >= 4 is 0 Å². The van der Waals surface area contributed by atoms with Crippen molar-refractivity contribution in [3.8, 4) is 0 Å². The van der Waals surface area contributed by atoms with Gasteiger partial charge in [-0.15, -0.1) is 0 Å². The van der Waals surface area contributed by atoms with E-state index >= 15 is 0 Å². The van der Waals surface area contributed by atoms with Crippen molar-refractivity contribution in [2.45, 2.75) is 39.3 Å². The minimum absolute atomic E-state index is 0.151. The van der Waals surface area contributed by atoms with Gasteiger partial charge >= 0.3 is 0 Å². The highest BCUT2D eigenvalue weighted by atomic mass is 19.1. The van der Waals surface area contributed by atoms with E-state index in [1.165, 1.54) is 31.5 Å². The van der Waals surface area contributed by atoms with Gasteiger partial charge in [-0.25, -0.2) is 4.39 Å². The number of hydrogen-bond acceptors (Lipinski definition) is 4. The summed E-state index contributed by atoms with van der Waals surface area (Å²) in [5.74, 6) is 1.23. The van der Waals surface area contributed by atoms with Crippen LogP contribution in [0.3, 0.4) is 0 Å². The van der Waals surface area contributed by atoms with Crippen LogP contribution in [0.2, 0.25) is 0 Å². The normalized spacial score (nSPS) is 24.1. The van der Waals surface area contributed by atoms with Crippen molar-refractivity contribution < 1.29 is 4.39 Å². The van der Waals surface area contributed by atoms with Gasteiger partial charge in [0, 0.05) is 38.8 Å². The molecule has 0 spiro atoms. The lowest BCUT2D eigenvalue weighted by molar-refractivity contribution is 0.130. The monoisotopic (exact) mass is 348 g/mol. The van der Waals surface area contributed by atoms with Crippen LogP contribution in [-0.4, -0.2) is 55.1 Å². The third-order valence-corrected chi connectivity index (χ3v) is 5.66. The van der Waals surface area contributed by atoms with Gasteiger partial charge in [-0.3, -0.25) is 15.8 Å². The number of hydrazine groups is 1. The van der Waals surface area contributed by atoms with Crippen LogP contribution in [0.15, 0.2) is 24.3 Å². The molecule has 2 heterocycles. The highest BCUT2D eigenvalue weighted by molar-refractivity contribution is 5.16. The summed E-state index contributed by atoms with van der Waals surface area (Å²) in [7, 11) is 0. The average Bonchev–Trinajstić information content (AvgIpc) is 3.03. The van der Waals surface area contributed by atoms with Crippen molar-refractivity contribution in [1.82, 2.24) is 20.7 Å². The Morgan fingerprint density at radius 3 is 2.52 bits per heavy atom. The quantitative estimate of drug-likeness (QED) is 0.827. The van der Waals surface area contributed by atoms with E-state index < -0.39 is 0 Å². The van der Waals surface area contributed by atoms with E-state index in [0.29, 0.717) is 12.0 Å². The van der Waals surface area contributed by atoms with Gasteiger partial charge in [0.25, 0.3) is 0 Å². The molecule has 2 saturated heterocycles. The van der Waals surface area contributed by atoms with E-state index in [1.54, 1.807) is 12.1 Å². The van der Waals surface area contributed by atoms with Gasteiger partial charge in [0.2, 0.25) is 0 Å². The first-order valence-corrected chi connectivity index (χ1v) is 9.78. The number of hydrogen-bond donors (Lipinski definition) is 2. The van der Waals surface area contributed by atoms with Crippen LogP contribution in [0, 0.1) is 17.7 Å². The lowest BCUT2D eigenvalue weighted by Gasteiger charge is -2.35. The Morgan fingerprint density at radius 1 is 1.12 bits per heavy atom. The molecule has 0 aliphatic carbocycles. The molecule has 4 nitrogen and oxygen atoms in total. The Labute approximate surface area is 151 Å². The molecule has 0 aromatic heterocycles. The summed E-state index contributed by atoms with van der Waals surface area (Å²) in [6, 6.07) is 7.57.